The van der Waals surface area contributed by atoms with E-state index in [2.05, 4.69) is 5.32 Å². The molecular weight excluding hydrogens is 270 g/mol. The number of hydrogen-bond donors (Lipinski definition) is 2. The van der Waals surface area contributed by atoms with Crippen molar-refractivity contribution < 1.29 is 19.4 Å². The SMILES string of the molecule is CC[C@@]1(C)C(=O)N[C@@]2([C@@H](O)[C@@H]3C=CCCC3)C(=O)O[C@@]12C. The highest BCUT2D eigenvalue weighted by Crippen LogP contribution is 2.59. The molecule has 0 radical (unpaired) electrons. The molecule has 0 bridgehead atoms. The highest BCUT2D eigenvalue weighted by atomic mass is 16.6. The van der Waals surface area contributed by atoms with Gasteiger partial charge in [0.05, 0.1) is 11.5 Å². The fourth-order valence-electron chi connectivity index (χ4n) is 4.14. The van der Waals surface area contributed by atoms with Crippen molar-refractivity contribution in [2.24, 2.45) is 11.3 Å². The van der Waals surface area contributed by atoms with Crippen LogP contribution in [0.2, 0.25) is 0 Å². The monoisotopic (exact) mass is 293 g/mol. The van der Waals surface area contributed by atoms with Crippen molar-refractivity contribution in [1.82, 2.24) is 5.32 Å². The molecule has 5 atom stereocenters. The van der Waals surface area contributed by atoms with Gasteiger partial charge < -0.3 is 15.2 Å². The molecule has 2 saturated heterocycles. The fourth-order valence-corrected chi connectivity index (χ4v) is 4.14. The smallest absolute Gasteiger partial charge is 0.339 e. The molecule has 2 N–H and O–H groups in total. The van der Waals surface area contributed by atoms with Gasteiger partial charge in [0.25, 0.3) is 0 Å². The Labute approximate surface area is 124 Å². The van der Waals surface area contributed by atoms with Gasteiger partial charge in [0, 0.05) is 5.92 Å². The summed E-state index contributed by atoms with van der Waals surface area (Å²) < 4.78 is 5.44. The number of allylic oxidation sites excluding steroid dienone is 1. The Hall–Kier alpha value is -1.36. The van der Waals surface area contributed by atoms with Gasteiger partial charge in [-0.2, -0.15) is 0 Å². The summed E-state index contributed by atoms with van der Waals surface area (Å²) in [5.74, 6) is -0.843. The molecule has 0 aromatic carbocycles. The van der Waals surface area contributed by atoms with E-state index in [0.717, 1.165) is 19.3 Å². The second kappa shape index (κ2) is 4.32. The zero-order valence-electron chi connectivity index (χ0n) is 12.8. The molecule has 3 aliphatic rings. The Balaban J connectivity index is 2.02. The molecule has 3 rings (SSSR count). The summed E-state index contributed by atoms with van der Waals surface area (Å²) in [7, 11) is 0. The number of esters is 1. The van der Waals surface area contributed by atoms with Gasteiger partial charge in [0.1, 0.15) is 0 Å². The largest absolute Gasteiger partial charge is 0.453 e. The van der Waals surface area contributed by atoms with Gasteiger partial charge in [-0.05, 0) is 39.5 Å². The maximum atomic E-state index is 12.5. The minimum absolute atomic E-state index is 0.120. The van der Waals surface area contributed by atoms with E-state index in [-0.39, 0.29) is 11.8 Å². The molecule has 5 nitrogen and oxygen atoms in total. The first-order valence-corrected chi connectivity index (χ1v) is 7.74. The van der Waals surface area contributed by atoms with E-state index in [1.54, 1.807) is 13.8 Å². The number of carbonyl (C=O) groups excluding carboxylic acids is 2. The van der Waals surface area contributed by atoms with E-state index < -0.39 is 28.6 Å². The normalized spacial score (nSPS) is 46.4. The summed E-state index contributed by atoms with van der Waals surface area (Å²) in [4.78, 5) is 24.7. The highest BCUT2D eigenvalue weighted by Gasteiger charge is 2.83. The van der Waals surface area contributed by atoms with E-state index in [1.165, 1.54) is 0 Å². The first kappa shape index (κ1) is 14.6. The third-order valence-corrected chi connectivity index (χ3v) is 6.08. The van der Waals surface area contributed by atoms with Gasteiger partial charge in [-0.3, -0.25) is 4.79 Å². The van der Waals surface area contributed by atoms with Crippen LogP contribution in [0.4, 0.5) is 0 Å². The van der Waals surface area contributed by atoms with Gasteiger partial charge in [-0.25, -0.2) is 4.79 Å². The van der Waals surface area contributed by atoms with Crippen molar-refractivity contribution in [1.29, 1.82) is 0 Å². The predicted octanol–water partition coefficient (Wildman–Crippen LogP) is 1.30. The van der Waals surface area contributed by atoms with Gasteiger partial charge >= 0.3 is 5.97 Å². The van der Waals surface area contributed by atoms with E-state index >= 15 is 0 Å². The number of aliphatic hydroxyl groups is 1. The number of hydrogen-bond acceptors (Lipinski definition) is 4. The van der Waals surface area contributed by atoms with Crippen molar-refractivity contribution in [2.45, 2.75) is 63.7 Å². The summed E-state index contributed by atoms with van der Waals surface area (Å²) in [5, 5.41) is 13.7. The molecule has 1 aliphatic carbocycles. The molecule has 2 aliphatic heterocycles. The zero-order chi connectivity index (χ0) is 15.5. The summed E-state index contributed by atoms with van der Waals surface area (Å²) in [6.45, 7) is 5.48. The number of carbonyl (C=O) groups is 2. The quantitative estimate of drug-likeness (QED) is 0.607. The summed E-state index contributed by atoms with van der Waals surface area (Å²) in [5.41, 5.74) is -3.10. The summed E-state index contributed by atoms with van der Waals surface area (Å²) in [6, 6.07) is 0. The Bertz CT molecular complexity index is 530. The molecule has 0 aromatic heterocycles. The van der Waals surface area contributed by atoms with Crippen molar-refractivity contribution in [3.8, 4) is 0 Å². The molecule has 2 fully saturated rings. The van der Waals surface area contributed by atoms with E-state index in [1.807, 2.05) is 19.1 Å². The number of aliphatic hydroxyl groups excluding tert-OH is 1. The molecule has 1 amide bonds. The van der Waals surface area contributed by atoms with Crippen LogP contribution in [-0.2, 0) is 14.3 Å². The number of nitrogens with one attached hydrogen (secondary N) is 1. The van der Waals surface area contributed by atoms with Crippen LogP contribution in [0.1, 0.15) is 46.5 Å². The summed E-state index contributed by atoms with van der Waals surface area (Å²) >= 11 is 0. The molecule has 0 saturated carbocycles. The lowest BCUT2D eigenvalue weighted by atomic mass is 9.59. The van der Waals surface area contributed by atoms with Crippen LogP contribution in [-0.4, -0.2) is 34.2 Å². The molecule has 0 unspecified atom stereocenters. The standard InChI is InChI=1S/C16H23NO4/c1-4-14(2)12(19)17-16(13(20)21-15(14,16)3)11(18)10-8-6-5-7-9-10/h6,8,10-11,18H,4-5,7,9H2,1-3H3,(H,17,19)/t10-,11+,14+,15+,16+/m1/s1. The average molecular weight is 293 g/mol. The summed E-state index contributed by atoms with van der Waals surface area (Å²) in [6.07, 6.45) is 6.40. The lowest BCUT2D eigenvalue weighted by Gasteiger charge is -2.56. The first-order chi connectivity index (χ1) is 9.83. The molecular formula is C16H23NO4. The lowest BCUT2D eigenvalue weighted by Crippen LogP contribution is -2.81. The van der Waals surface area contributed by atoms with Crippen LogP contribution in [0.5, 0.6) is 0 Å². The van der Waals surface area contributed by atoms with Gasteiger partial charge in [-0.1, -0.05) is 19.1 Å². The van der Waals surface area contributed by atoms with Gasteiger partial charge in [0.15, 0.2) is 5.60 Å². The van der Waals surface area contributed by atoms with Crippen molar-refractivity contribution in [2.75, 3.05) is 0 Å². The number of rotatable bonds is 3. The van der Waals surface area contributed by atoms with Crippen LogP contribution in [0.25, 0.3) is 0 Å². The molecule has 0 spiro atoms. The van der Waals surface area contributed by atoms with Crippen LogP contribution in [0, 0.1) is 11.3 Å². The Kier molecular flexibility index (Phi) is 3.00. The average Bonchev–Trinajstić information content (AvgIpc) is 2.63. The van der Waals surface area contributed by atoms with Gasteiger partial charge in [0.2, 0.25) is 11.4 Å². The highest BCUT2D eigenvalue weighted by molar-refractivity contribution is 6.03. The Morgan fingerprint density at radius 2 is 2.19 bits per heavy atom. The maximum absolute atomic E-state index is 12.5. The maximum Gasteiger partial charge on any atom is 0.339 e. The van der Waals surface area contributed by atoms with E-state index in [4.69, 9.17) is 4.74 Å². The third-order valence-electron chi connectivity index (χ3n) is 6.08. The van der Waals surface area contributed by atoms with E-state index in [9.17, 15) is 14.7 Å². The Morgan fingerprint density at radius 1 is 1.48 bits per heavy atom. The molecule has 116 valence electrons. The van der Waals surface area contributed by atoms with Crippen LogP contribution >= 0.6 is 0 Å². The second-order valence-corrected chi connectivity index (χ2v) is 6.84. The fraction of sp³-hybridized carbons (Fsp3) is 0.750. The van der Waals surface area contributed by atoms with Crippen LogP contribution in [0.3, 0.4) is 0 Å². The number of ether oxygens (including phenoxy) is 1. The van der Waals surface area contributed by atoms with Crippen LogP contribution in [0.15, 0.2) is 12.2 Å². The van der Waals surface area contributed by atoms with Crippen molar-refractivity contribution in [3.63, 3.8) is 0 Å². The third kappa shape index (κ3) is 1.45. The van der Waals surface area contributed by atoms with Gasteiger partial charge in [-0.15, -0.1) is 0 Å². The lowest BCUT2D eigenvalue weighted by molar-refractivity contribution is -0.249. The first-order valence-electron chi connectivity index (χ1n) is 7.74. The second-order valence-electron chi connectivity index (χ2n) is 6.84. The predicted molar refractivity (Wildman–Crippen MR) is 76.3 cm³/mol. The minimum atomic E-state index is -1.30. The van der Waals surface area contributed by atoms with Crippen LogP contribution < -0.4 is 5.32 Å². The molecule has 2 heterocycles. The number of fused-ring (bicyclic) bond motifs is 1. The molecule has 5 heteroatoms. The van der Waals surface area contributed by atoms with E-state index in [0.29, 0.717) is 6.42 Å². The minimum Gasteiger partial charge on any atom is -0.453 e. The van der Waals surface area contributed by atoms with Crippen molar-refractivity contribution in [3.05, 3.63) is 12.2 Å². The Morgan fingerprint density at radius 3 is 2.71 bits per heavy atom. The van der Waals surface area contributed by atoms with Crippen molar-refractivity contribution >= 4 is 11.9 Å². The number of amides is 1. The molecule has 21 heavy (non-hydrogen) atoms. The zero-order valence-corrected chi connectivity index (χ0v) is 12.8. The molecule has 0 aromatic rings. The topological polar surface area (TPSA) is 75.6 Å².